The van der Waals surface area contributed by atoms with Gasteiger partial charge in [-0.2, -0.15) is 0 Å². The third-order valence-electron chi connectivity index (χ3n) is 4.57. The molecule has 2 amide bonds. The Kier molecular flexibility index (Phi) is 5.25. The van der Waals surface area contributed by atoms with Gasteiger partial charge in [0.05, 0.1) is 24.9 Å². The van der Waals surface area contributed by atoms with Crippen molar-refractivity contribution in [1.82, 2.24) is 0 Å². The van der Waals surface area contributed by atoms with E-state index >= 15 is 0 Å². The lowest BCUT2D eigenvalue weighted by Gasteiger charge is -2.21. The van der Waals surface area contributed by atoms with E-state index in [9.17, 15) is 14.4 Å². The quantitative estimate of drug-likeness (QED) is 0.730. The SMILES string of the molecule is COC(=O)CC1=CC(=O)N(CC(=O)Nc2ccc3c(c2)OCO3)c2ccccc2N1. The molecule has 0 saturated carbocycles. The number of nitrogens with one attached hydrogen (secondary N) is 2. The second-order valence-electron chi connectivity index (χ2n) is 6.61. The molecule has 0 fully saturated rings. The molecule has 9 heteroatoms. The van der Waals surface area contributed by atoms with E-state index in [1.807, 2.05) is 0 Å². The maximum Gasteiger partial charge on any atom is 0.311 e. The summed E-state index contributed by atoms with van der Waals surface area (Å²) in [7, 11) is 1.28. The number of ether oxygens (including phenoxy) is 3. The zero-order valence-electron chi connectivity index (χ0n) is 16.1. The predicted molar refractivity (Wildman–Crippen MR) is 108 cm³/mol. The van der Waals surface area contributed by atoms with E-state index in [-0.39, 0.29) is 25.7 Å². The fraction of sp³-hybridized carbons (Fsp3) is 0.190. The molecule has 154 valence electrons. The van der Waals surface area contributed by atoms with E-state index in [1.54, 1.807) is 42.5 Å². The predicted octanol–water partition coefficient (Wildman–Crippen LogP) is 2.26. The van der Waals surface area contributed by atoms with E-state index in [1.165, 1.54) is 18.1 Å². The largest absolute Gasteiger partial charge is 0.469 e. The van der Waals surface area contributed by atoms with Crippen molar-refractivity contribution in [3.05, 3.63) is 54.2 Å². The highest BCUT2D eigenvalue weighted by Crippen LogP contribution is 2.34. The van der Waals surface area contributed by atoms with Crippen molar-refractivity contribution in [3.63, 3.8) is 0 Å². The van der Waals surface area contributed by atoms with Gasteiger partial charge in [-0.15, -0.1) is 0 Å². The number of nitrogens with zero attached hydrogens (tertiary/aromatic N) is 1. The lowest BCUT2D eigenvalue weighted by Crippen LogP contribution is -2.37. The summed E-state index contributed by atoms with van der Waals surface area (Å²) in [5.74, 6) is -0.135. The topological polar surface area (TPSA) is 106 Å². The van der Waals surface area contributed by atoms with Crippen LogP contribution in [0.25, 0.3) is 0 Å². The summed E-state index contributed by atoms with van der Waals surface area (Å²) < 4.78 is 15.2. The van der Waals surface area contributed by atoms with Crippen LogP contribution in [0.15, 0.2) is 54.2 Å². The number of carbonyl (C=O) groups is 3. The number of fused-ring (bicyclic) bond motifs is 2. The van der Waals surface area contributed by atoms with Gasteiger partial charge in [-0.1, -0.05) is 12.1 Å². The van der Waals surface area contributed by atoms with Crippen LogP contribution in [0.4, 0.5) is 17.1 Å². The second-order valence-corrected chi connectivity index (χ2v) is 6.61. The van der Waals surface area contributed by atoms with E-state index in [4.69, 9.17) is 9.47 Å². The first-order valence-corrected chi connectivity index (χ1v) is 9.18. The first-order chi connectivity index (χ1) is 14.5. The number of benzene rings is 2. The van der Waals surface area contributed by atoms with Crippen LogP contribution >= 0.6 is 0 Å². The molecule has 0 spiro atoms. The van der Waals surface area contributed by atoms with Gasteiger partial charge in [-0.05, 0) is 24.3 Å². The summed E-state index contributed by atoms with van der Waals surface area (Å²) in [6.07, 6.45) is 1.21. The van der Waals surface area contributed by atoms with Crippen molar-refractivity contribution in [3.8, 4) is 11.5 Å². The number of hydrogen-bond donors (Lipinski definition) is 2. The number of rotatable bonds is 5. The van der Waals surface area contributed by atoms with Gasteiger partial charge >= 0.3 is 5.97 Å². The van der Waals surface area contributed by atoms with Crippen LogP contribution in [0.3, 0.4) is 0 Å². The van der Waals surface area contributed by atoms with Crippen molar-refractivity contribution in [2.24, 2.45) is 0 Å². The monoisotopic (exact) mass is 409 g/mol. The molecule has 2 heterocycles. The maximum absolute atomic E-state index is 12.8. The van der Waals surface area contributed by atoms with Gasteiger partial charge in [-0.3, -0.25) is 19.3 Å². The second kappa shape index (κ2) is 8.16. The van der Waals surface area contributed by atoms with Gasteiger partial charge in [-0.25, -0.2) is 0 Å². The molecule has 4 rings (SSSR count). The highest BCUT2D eigenvalue weighted by atomic mass is 16.7. The van der Waals surface area contributed by atoms with Gasteiger partial charge in [0.15, 0.2) is 11.5 Å². The molecular formula is C21H19N3O6. The standard InChI is InChI=1S/C21H19N3O6/c1-28-21(27)10-14-9-20(26)24(16-5-3-2-4-15(16)22-14)11-19(25)23-13-6-7-17-18(8-13)30-12-29-17/h2-9,22H,10-12H2,1H3,(H,23,25). The van der Waals surface area contributed by atoms with Crippen molar-refractivity contribution in [1.29, 1.82) is 0 Å². The van der Waals surface area contributed by atoms with Crippen LogP contribution in [0.2, 0.25) is 0 Å². The van der Waals surface area contributed by atoms with Crippen molar-refractivity contribution >= 4 is 34.8 Å². The fourth-order valence-corrected chi connectivity index (χ4v) is 3.17. The fourth-order valence-electron chi connectivity index (χ4n) is 3.17. The molecule has 9 nitrogen and oxygen atoms in total. The summed E-state index contributed by atoms with van der Waals surface area (Å²) in [4.78, 5) is 38.5. The average Bonchev–Trinajstić information content (AvgIpc) is 3.15. The third kappa shape index (κ3) is 4.04. The smallest absolute Gasteiger partial charge is 0.311 e. The van der Waals surface area contributed by atoms with Gasteiger partial charge in [0.25, 0.3) is 5.91 Å². The summed E-state index contributed by atoms with van der Waals surface area (Å²) >= 11 is 0. The van der Waals surface area contributed by atoms with Gasteiger partial charge in [0.2, 0.25) is 12.7 Å². The minimum Gasteiger partial charge on any atom is -0.469 e. The van der Waals surface area contributed by atoms with Crippen LogP contribution < -0.4 is 25.0 Å². The first-order valence-electron chi connectivity index (χ1n) is 9.18. The zero-order chi connectivity index (χ0) is 21.1. The van der Waals surface area contributed by atoms with Crippen molar-refractivity contribution < 1.29 is 28.6 Å². The Bertz CT molecular complexity index is 1050. The molecule has 0 bridgehead atoms. The van der Waals surface area contributed by atoms with E-state index < -0.39 is 11.9 Å². The molecule has 2 aromatic carbocycles. The Hall–Kier alpha value is -4.01. The van der Waals surface area contributed by atoms with Crippen LogP contribution in [0.1, 0.15) is 6.42 Å². The first kappa shape index (κ1) is 19.3. The average molecular weight is 409 g/mol. The van der Waals surface area contributed by atoms with Gasteiger partial charge in [0.1, 0.15) is 6.54 Å². The molecule has 0 aliphatic carbocycles. The molecule has 0 saturated heterocycles. The molecule has 0 atom stereocenters. The molecule has 2 aliphatic rings. The summed E-state index contributed by atoms with van der Waals surface area (Å²) in [6, 6.07) is 12.1. The number of anilines is 3. The van der Waals surface area contributed by atoms with Crippen LogP contribution in [-0.2, 0) is 19.1 Å². The summed E-state index contributed by atoms with van der Waals surface area (Å²) in [6.45, 7) is -0.0764. The minimum atomic E-state index is -0.479. The highest BCUT2D eigenvalue weighted by molar-refractivity contribution is 6.10. The minimum absolute atomic E-state index is 0.0895. The summed E-state index contributed by atoms with van der Waals surface area (Å²) in [5, 5.41) is 5.83. The zero-order valence-corrected chi connectivity index (χ0v) is 16.1. The lowest BCUT2D eigenvalue weighted by molar-refractivity contribution is -0.139. The molecule has 2 aliphatic heterocycles. The molecule has 0 aromatic heterocycles. The van der Waals surface area contributed by atoms with E-state index in [0.717, 1.165) is 0 Å². The number of carbonyl (C=O) groups excluding carboxylic acids is 3. The number of methoxy groups -OCH3 is 1. The van der Waals surface area contributed by atoms with Gasteiger partial charge in [0, 0.05) is 23.5 Å². The highest BCUT2D eigenvalue weighted by Gasteiger charge is 2.25. The van der Waals surface area contributed by atoms with Crippen LogP contribution in [0.5, 0.6) is 11.5 Å². The Morgan fingerprint density at radius 1 is 1.17 bits per heavy atom. The molecule has 30 heavy (non-hydrogen) atoms. The van der Waals surface area contributed by atoms with E-state index in [2.05, 4.69) is 15.4 Å². The normalized spacial score (nSPS) is 14.2. The number of para-hydroxylation sites is 2. The Labute approximate surface area is 172 Å². The van der Waals surface area contributed by atoms with Crippen LogP contribution in [0, 0.1) is 0 Å². The Morgan fingerprint density at radius 3 is 2.80 bits per heavy atom. The molecule has 2 N–H and O–H groups in total. The maximum atomic E-state index is 12.8. The van der Waals surface area contributed by atoms with E-state index in [0.29, 0.717) is 34.3 Å². The number of hydrogen-bond acceptors (Lipinski definition) is 7. The third-order valence-corrected chi connectivity index (χ3v) is 4.57. The molecule has 2 aromatic rings. The number of esters is 1. The lowest BCUT2D eigenvalue weighted by atomic mass is 10.2. The Morgan fingerprint density at radius 2 is 1.97 bits per heavy atom. The number of amides is 2. The van der Waals surface area contributed by atoms with Crippen molar-refractivity contribution in [2.45, 2.75) is 6.42 Å². The Balaban J connectivity index is 1.54. The molecule has 0 radical (unpaired) electrons. The van der Waals surface area contributed by atoms with Crippen LogP contribution in [-0.4, -0.2) is 38.2 Å². The summed E-state index contributed by atoms with van der Waals surface area (Å²) in [5.41, 5.74) is 2.05. The molecule has 0 unspecified atom stereocenters. The molecular weight excluding hydrogens is 390 g/mol. The van der Waals surface area contributed by atoms with Gasteiger partial charge < -0.3 is 24.8 Å². The van der Waals surface area contributed by atoms with Crippen molar-refractivity contribution in [2.75, 3.05) is 36.0 Å².